The van der Waals surface area contributed by atoms with Gasteiger partial charge in [0, 0.05) is 56.7 Å². The Kier molecular flexibility index (Phi) is 6.65. The zero-order chi connectivity index (χ0) is 25.5. The fraction of sp³-hybridized carbons (Fsp3) is 0.519. The summed E-state index contributed by atoms with van der Waals surface area (Å²) in [5.74, 6) is 2.43. The second-order valence-corrected chi connectivity index (χ2v) is 16.6. The van der Waals surface area contributed by atoms with Crippen LogP contribution in [0.2, 0.25) is 18.1 Å². The Hall–Kier alpha value is -2.75. The number of benzene rings is 1. The number of anilines is 1. The average Bonchev–Trinajstić information content (AvgIpc) is 3.55. The molecule has 36 heavy (non-hydrogen) atoms. The molecule has 1 aromatic carbocycles. The molecule has 0 saturated carbocycles. The molecule has 192 valence electrons. The van der Waals surface area contributed by atoms with E-state index in [0.717, 1.165) is 56.3 Å². The maximum absolute atomic E-state index is 10.6. The first kappa shape index (κ1) is 24.9. The van der Waals surface area contributed by atoms with Crippen LogP contribution in [0.5, 0.6) is 5.75 Å². The Bertz CT molecular complexity index is 1160. The number of hydrogen-bond acceptors (Lipinski definition) is 7. The lowest BCUT2D eigenvalue weighted by Gasteiger charge is -2.36. The molecule has 2 aliphatic rings. The Morgan fingerprint density at radius 3 is 2.36 bits per heavy atom. The van der Waals surface area contributed by atoms with Gasteiger partial charge >= 0.3 is 0 Å². The quantitative estimate of drug-likeness (QED) is 0.452. The number of nitrogens with zero attached hydrogens (tertiary/aromatic N) is 5. The van der Waals surface area contributed by atoms with Crippen molar-refractivity contribution in [3.05, 3.63) is 42.7 Å². The summed E-state index contributed by atoms with van der Waals surface area (Å²) in [5, 5.41) is 26.6. The predicted molar refractivity (Wildman–Crippen MR) is 145 cm³/mol. The van der Waals surface area contributed by atoms with E-state index >= 15 is 0 Å². The van der Waals surface area contributed by atoms with Crippen molar-refractivity contribution in [2.45, 2.75) is 38.9 Å². The summed E-state index contributed by atoms with van der Waals surface area (Å²) >= 11 is 0. The summed E-state index contributed by atoms with van der Waals surface area (Å²) in [6.45, 7) is 17.7. The van der Waals surface area contributed by atoms with E-state index in [2.05, 4.69) is 64.1 Å². The molecule has 8 nitrogen and oxygen atoms in total. The lowest BCUT2D eigenvalue weighted by molar-refractivity contribution is 0.215. The van der Waals surface area contributed by atoms with Gasteiger partial charge in [-0.2, -0.15) is 5.10 Å². The maximum Gasteiger partial charge on any atom is 0.192 e. The molecule has 5 rings (SSSR count). The number of aromatic amines is 1. The van der Waals surface area contributed by atoms with Crippen molar-refractivity contribution < 1.29 is 9.53 Å². The van der Waals surface area contributed by atoms with Crippen LogP contribution < -0.4 is 4.90 Å². The van der Waals surface area contributed by atoms with Crippen molar-refractivity contribution in [2.24, 2.45) is 11.8 Å². The van der Waals surface area contributed by atoms with Gasteiger partial charge in [0.15, 0.2) is 14.1 Å². The lowest BCUT2D eigenvalue weighted by Crippen LogP contribution is -2.42. The van der Waals surface area contributed by atoms with Gasteiger partial charge < -0.3 is 19.3 Å². The van der Waals surface area contributed by atoms with Crippen molar-refractivity contribution >= 4 is 14.1 Å². The number of phenolic OH excluding ortho intramolecular Hbond substituents is 1. The second-order valence-electron chi connectivity index (χ2n) is 11.8. The summed E-state index contributed by atoms with van der Waals surface area (Å²) in [7, 11) is -1.68. The molecule has 2 N–H and O–H groups in total. The molecule has 0 radical (unpaired) electrons. The summed E-state index contributed by atoms with van der Waals surface area (Å²) < 4.78 is 6.40. The van der Waals surface area contributed by atoms with Crippen molar-refractivity contribution in [3.63, 3.8) is 0 Å². The topological polar surface area (TPSA) is 90.4 Å². The molecule has 0 aliphatic carbocycles. The van der Waals surface area contributed by atoms with Crippen LogP contribution in [0.3, 0.4) is 0 Å². The highest BCUT2D eigenvalue weighted by molar-refractivity contribution is 6.74. The average molecular weight is 507 g/mol. The standard InChI is InChI=1S/C27H38N6O2Si/c1-27(2,3)36(4,5)35-11-10-32-15-21-17-33(18-22(21)16-32)26-9-8-24(30-31-26)23-7-6-19(12-25(23)34)20-13-28-29-14-20/h6-9,12-14,21-22,34H,10-11,15-18H2,1-5H3,(H,28,29)/t21-,22+. The van der Waals surface area contributed by atoms with Crippen LogP contribution in [0, 0.1) is 11.8 Å². The van der Waals surface area contributed by atoms with E-state index in [-0.39, 0.29) is 10.8 Å². The lowest BCUT2D eigenvalue weighted by atomic mass is 10.0. The first-order chi connectivity index (χ1) is 17.1. The summed E-state index contributed by atoms with van der Waals surface area (Å²) in [6, 6.07) is 9.55. The molecule has 4 heterocycles. The van der Waals surface area contributed by atoms with E-state index in [9.17, 15) is 5.11 Å². The molecule has 2 atom stereocenters. The number of rotatable bonds is 7. The van der Waals surface area contributed by atoms with Crippen molar-refractivity contribution in [1.82, 2.24) is 25.3 Å². The van der Waals surface area contributed by atoms with Crippen LogP contribution in [0.25, 0.3) is 22.4 Å². The number of hydrogen-bond donors (Lipinski definition) is 2. The highest BCUT2D eigenvalue weighted by Crippen LogP contribution is 2.37. The third-order valence-corrected chi connectivity index (χ3v) is 12.9. The maximum atomic E-state index is 10.6. The smallest absolute Gasteiger partial charge is 0.192 e. The summed E-state index contributed by atoms with van der Waals surface area (Å²) in [6.07, 6.45) is 3.54. The molecular weight excluding hydrogens is 468 g/mol. The highest BCUT2D eigenvalue weighted by atomic mass is 28.4. The van der Waals surface area contributed by atoms with Crippen LogP contribution >= 0.6 is 0 Å². The van der Waals surface area contributed by atoms with Crippen molar-refractivity contribution in [3.8, 4) is 28.1 Å². The fourth-order valence-electron chi connectivity index (χ4n) is 5.08. The second kappa shape index (κ2) is 9.61. The van der Waals surface area contributed by atoms with E-state index < -0.39 is 8.32 Å². The van der Waals surface area contributed by atoms with Gasteiger partial charge in [0.1, 0.15) is 5.75 Å². The van der Waals surface area contributed by atoms with Gasteiger partial charge in [-0.1, -0.05) is 26.8 Å². The number of aromatic nitrogens is 4. The molecule has 0 unspecified atom stereocenters. The molecule has 9 heteroatoms. The number of aromatic hydroxyl groups is 1. The number of nitrogens with one attached hydrogen (secondary N) is 1. The molecule has 2 aromatic heterocycles. The molecule has 2 aliphatic heterocycles. The Morgan fingerprint density at radius 1 is 1.03 bits per heavy atom. The van der Waals surface area contributed by atoms with Crippen LogP contribution in [0.4, 0.5) is 5.82 Å². The Labute approximate surface area is 214 Å². The van der Waals surface area contributed by atoms with Gasteiger partial charge in [-0.25, -0.2) is 0 Å². The van der Waals surface area contributed by atoms with Crippen LogP contribution in [-0.4, -0.2) is 78.0 Å². The van der Waals surface area contributed by atoms with Gasteiger partial charge in [-0.3, -0.25) is 5.10 Å². The highest BCUT2D eigenvalue weighted by Gasteiger charge is 2.41. The molecule has 0 spiro atoms. The van der Waals surface area contributed by atoms with Gasteiger partial charge in [0.05, 0.1) is 11.9 Å². The minimum absolute atomic E-state index is 0.184. The zero-order valence-electron chi connectivity index (χ0n) is 22.0. The van der Waals surface area contributed by atoms with E-state index in [0.29, 0.717) is 23.1 Å². The van der Waals surface area contributed by atoms with Gasteiger partial charge in [0.2, 0.25) is 0 Å². The monoisotopic (exact) mass is 506 g/mol. The summed E-state index contributed by atoms with van der Waals surface area (Å²) in [5.41, 5.74) is 3.18. The van der Waals surface area contributed by atoms with Gasteiger partial charge in [-0.05, 0) is 59.8 Å². The molecule has 2 fully saturated rings. The van der Waals surface area contributed by atoms with Gasteiger partial charge in [-0.15, -0.1) is 10.2 Å². The predicted octanol–water partition coefficient (Wildman–Crippen LogP) is 4.63. The van der Waals surface area contributed by atoms with E-state index in [1.807, 2.05) is 24.3 Å². The number of fused-ring (bicyclic) bond motifs is 1. The van der Waals surface area contributed by atoms with Crippen molar-refractivity contribution in [2.75, 3.05) is 44.2 Å². The fourth-order valence-corrected chi connectivity index (χ4v) is 6.12. The number of phenols is 1. The van der Waals surface area contributed by atoms with E-state index in [1.54, 1.807) is 18.5 Å². The van der Waals surface area contributed by atoms with Crippen LogP contribution in [-0.2, 0) is 4.43 Å². The number of likely N-dealkylation sites (tertiary alicyclic amines) is 1. The van der Waals surface area contributed by atoms with E-state index in [4.69, 9.17) is 4.43 Å². The normalized spacial score (nSPS) is 20.8. The SMILES string of the molecule is CC(C)(C)[Si](C)(C)OCCN1C[C@@H]2CN(c3ccc(-c4ccc(-c5cn[nH]c5)cc4O)nn3)C[C@@H]2C1. The zero-order valence-corrected chi connectivity index (χ0v) is 23.0. The molecule has 0 bridgehead atoms. The van der Waals surface area contributed by atoms with Crippen molar-refractivity contribution in [1.29, 1.82) is 0 Å². The minimum Gasteiger partial charge on any atom is -0.507 e. The largest absolute Gasteiger partial charge is 0.507 e. The first-order valence-corrected chi connectivity index (χ1v) is 15.8. The third kappa shape index (κ3) is 5.05. The van der Waals surface area contributed by atoms with E-state index in [1.165, 1.54) is 0 Å². The molecule has 2 saturated heterocycles. The molecule has 0 amide bonds. The number of H-pyrrole nitrogens is 1. The minimum atomic E-state index is -1.68. The summed E-state index contributed by atoms with van der Waals surface area (Å²) in [4.78, 5) is 4.93. The van der Waals surface area contributed by atoms with Gasteiger partial charge in [0.25, 0.3) is 0 Å². The third-order valence-electron chi connectivity index (χ3n) is 8.32. The molecule has 3 aromatic rings. The molecular formula is C27H38N6O2Si. The van der Waals surface area contributed by atoms with Crippen LogP contribution in [0.15, 0.2) is 42.7 Å². The van der Waals surface area contributed by atoms with Crippen LogP contribution in [0.1, 0.15) is 20.8 Å². The Morgan fingerprint density at radius 2 is 1.78 bits per heavy atom. The first-order valence-electron chi connectivity index (χ1n) is 12.9. The Balaban J connectivity index is 1.15.